The Balaban J connectivity index is 6.53. The van der Waals surface area contributed by atoms with Crippen LogP contribution in [0, 0.1) is 0 Å². The molecule has 2 unspecified atom stereocenters. The van der Waals surface area contributed by atoms with Crippen molar-refractivity contribution < 1.29 is 127 Å². The summed E-state index contributed by atoms with van der Waals surface area (Å²) < 4.78 is 335. The Labute approximate surface area is 231 Å². The highest BCUT2D eigenvalue weighted by Gasteiger charge is 2.81. The van der Waals surface area contributed by atoms with Crippen LogP contribution in [0.5, 0.6) is 0 Å². The van der Waals surface area contributed by atoms with Crippen LogP contribution < -0.4 is 0 Å². The third-order valence-electron chi connectivity index (χ3n) is 4.13. The van der Waals surface area contributed by atoms with Crippen molar-refractivity contribution in [1.82, 2.24) is 0 Å². The molecule has 0 aromatic rings. The molecule has 0 aromatic heterocycles. The van der Waals surface area contributed by atoms with Crippen molar-refractivity contribution in [1.29, 1.82) is 0 Å². The van der Waals surface area contributed by atoms with E-state index < -0.39 is 104 Å². The second-order valence-electron chi connectivity index (χ2n) is 7.32. The maximum Gasteiger partial charge on any atom is 0.464 e. The molecule has 0 aromatic carbocycles. The molecule has 0 amide bonds. The minimum atomic E-state index is -8.08. The van der Waals surface area contributed by atoms with Gasteiger partial charge in [-0.2, -0.15) is 105 Å². The van der Waals surface area contributed by atoms with E-state index in [9.17, 15) is 112 Å². The highest BCUT2D eigenvalue weighted by atomic mass is 32.3. The van der Waals surface area contributed by atoms with E-state index in [2.05, 4.69) is 4.74 Å². The summed E-state index contributed by atoms with van der Waals surface area (Å²) in [7, 11) is -16.2. The first kappa shape index (κ1) is 42.6. The van der Waals surface area contributed by atoms with Gasteiger partial charge in [0.2, 0.25) is 0 Å². The van der Waals surface area contributed by atoms with Crippen LogP contribution in [-0.4, -0.2) is 75.5 Å². The monoisotopic (exact) mass is 766 g/mol. The van der Waals surface area contributed by atoms with E-state index >= 15 is 0 Å². The topological polar surface area (TPSA) is 96.0 Å². The van der Waals surface area contributed by atoms with Crippen LogP contribution in [0.15, 0.2) is 24.7 Å². The highest BCUT2D eigenvalue weighted by Crippen LogP contribution is 2.54. The van der Waals surface area contributed by atoms with Crippen molar-refractivity contribution >= 4 is 20.4 Å². The summed E-state index contributed by atoms with van der Waals surface area (Å²) in [6, 6.07) is 0. The van der Waals surface area contributed by atoms with Gasteiger partial charge >= 0.3 is 79.1 Å². The van der Waals surface area contributed by atoms with Gasteiger partial charge in [-0.1, -0.05) is 7.77 Å². The molecule has 0 radical (unpaired) electrons. The standard InChI is InChI=1S/C14H4F22O7S2/c15-5(16,7(19,9(21,22)23)42-11(27,28)13(31,32)44(35,37)38)1-3-41-4-2-6(17,18)8(20,10(24,25)26)43-12(29,30)14(33,34)45(36,39)40/h1-4H. The maximum atomic E-state index is 13.9. The molecule has 0 rings (SSSR count). The molecule has 0 spiro atoms. The Morgan fingerprint density at radius 1 is 0.422 bits per heavy atom. The van der Waals surface area contributed by atoms with Crippen molar-refractivity contribution in [2.45, 2.75) is 58.6 Å². The van der Waals surface area contributed by atoms with E-state index in [-0.39, 0.29) is 0 Å². The van der Waals surface area contributed by atoms with E-state index in [4.69, 9.17) is 0 Å². The molecule has 7 nitrogen and oxygen atoms in total. The molecule has 0 bridgehead atoms. The summed E-state index contributed by atoms with van der Waals surface area (Å²) in [5.74, 6) is -29.1. The molecule has 268 valence electrons. The Kier molecular flexibility index (Phi) is 11.0. The van der Waals surface area contributed by atoms with Crippen molar-refractivity contribution in [3.63, 3.8) is 0 Å². The third kappa shape index (κ3) is 7.76. The average Bonchev–Trinajstić information content (AvgIpc) is 2.74. The first-order valence-corrected chi connectivity index (χ1v) is 12.0. The SMILES string of the molecule is O=S(=O)(F)C(F)(F)C(F)(F)OC(F)(C(F)(F)F)C(F)(F)C=COC=CC(F)(F)C(F)(OC(F)(F)C(F)(F)S(=O)(=O)F)C(F)(F)F. The number of ether oxygens (including phenoxy) is 3. The normalized spacial score (nSPS) is 18.7. The van der Waals surface area contributed by atoms with Crippen molar-refractivity contribution in [3.05, 3.63) is 24.7 Å². The fourth-order valence-electron chi connectivity index (χ4n) is 1.89. The maximum absolute atomic E-state index is 13.9. The summed E-state index contributed by atoms with van der Waals surface area (Å²) in [6.07, 6.45) is -37.5. The lowest BCUT2D eigenvalue weighted by atomic mass is 10.1. The predicted octanol–water partition coefficient (Wildman–Crippen LogP) is 6.76. The minimum absolute atomic E-state index is 1.41. The number of rotatable bonds is 14. The van der Waals surface area contributed by atoms with E-state index in [1.807, 2.05) is 0 Å². The van der Waals surface area contributed by atoms with Gasteiger partial charge in [-0.05, 0) is 0 Å². The van der Waals surface area contributed by atoms with Gasteiger partial charge in [0.1, 0.15) is 0 Å². The minimum Gasteiger partial charge on any atom is -0.473 e. The zero-order chi connectivity index (χ0) is 36.9. The lowest BCUT2D eigenvalue weighted by Crippen LogP contribution is -2.62. The highest BCUT2D eigenvalue weighted by molar-refractivity contribution is 7.87. The fourth-order valence-corrected chi connectivity index (χ4v) is 2.55. The Morgan fingerprint density at radius 3 is 0.822 bits per heavy atom. The largest absolute Gasteiger partial charge is 0.473 e. The third-order valence-corrected chi connectivity index (χ3v) is 5.83. The van der Waals surface area contributed by atoms with Gasteiger partial charge in [-0.3, -0.25) is 9.47 Å². The molecule has 45 heavy (non-hydrogen) atoms. The molecule has 0 aliphatic rings. The number of halogens is 22. The lowest BCUT2D eigenvalue weighted by Gasteiger charge is -2.36. The summed E-state index contributed by atoms with van der Waals surface area (Å²) in [5, 5.41) is -15.1. The Morgan fingerprint density at radius 2 is 0.644 bits per heavy atom. The van der Waals surface area contributed by atoms with Crippen LogP contribution in [-0.2, 0) is 34.7 Å². The zero-order valence-electron chi connectivity index (χ0n) is 19.3. The van der Waals surface area contributed by atoms with Gasteiger partial charge in [0, 0.05) is 12.2 Å². The quantitative estimate of drug-likeness (QED) is 0.110. The van der Waals surface area contributed by atoms with Gasteiger partial charge in [0.05, 0.1) is 12.5 Å². The van der Waals surface area contributed by atoms with Gasteiger partial charge in [-0.15, -0.1) is 0 Å². The number of hydrogen-bond acceptors (Lipinski definition) is 7. The van der Waals surface area contributed by atoms with E-state index in [1.165, 1.54) is 0 Å². The lowest BCUT2D eigenvalue weighted by molar-refractivity contribution is -0.470. The second kappa shape index (κ2) is 11.7. The molecule has 0 saturated heterocycles. The van der Waals surface area contributed by atoms with Crippen LogP contribution in [0.1, 0.15) is 0 Å². The zero-order valence-corrected chi connectivity index (χ0v) is 20.9. The Bertz CT molecular complexity index is 1250. The average molecular weight is 766 g/mol. The number of hydrogen-bond donors (Lipinski definition) is 0. The molecule has 0 saturated carbocycles. The van der Waals surface area contributed by atoms with Crippen LogP contribution in [0.25, 0.3) is 0 Å². The predicted molar refractivity (Wildman–Crippen MR) is 91.1 cm³/mol. The number of alkyl halides is 20. The van der Waals surface area contributed by atoms with Crippen molar-refractivity contribution in [3.8, 4) is 0 Å². The molecule has 0 N–H and O–H groups in total. The first-order chi connectivity index (χ1) is 19.1. The van der Waals surface area contributed by atoms with E-state index in [0.29, 0.717) is 0 Å². The molecule has 0 aliphatic carbocycles. The van der Waals surface area contributed by atoms with Crippen molar-refractivity contribution in [2.24, 2.45) is 0 Å². The molecular weight excluding hydrogens is 762 g/mol. The fraction of sp³-hybridized carbons (Fsp3) is 0.714. The van der Waals surface area contributed by atoms with E-state index in [0.717, 1.165) is 0 Å². The summed E-state index contributed by atoms with van der Waals surface area (Å²) in [5.41, 5.74) is 0. The van der Waals surface area contributed by atoms with Crippen LogP contribution in [0.3, 0.4) is 0 Å². The molecule has 0 fully saturated rings. The van der Waals surface area contributed by atoms with Crippen LogP contribution in [0.2, 0.25) is 0 Å². The van der Waals surface area contributed by atoms with Crippen LogP contribution in [0.4, 0.5) is 95.6 Å². The summed E-state index contributed by atoms with van der Waals surface area (Å²) in [6.45, 7) is 0. The molecule has 2 atom stereocenters. The van der Waals surface area contributed by atoms with E-state index in [1.54, 1.807) is 9.47 Å². The van der Waals surface area contributed by atoms with Gasteiger partial charge in [0.15, 0.2) is 0 Å². The smallest absolute Gasteiger partial charge is 0.464 e. The summed E-state index contributed by atoms with van der Waals surface area (Å²) >= 11 is 0. The second-order valence-corrected chi connectivity index (χ2v) is 10.1. The first-order valence-electron chi connectivity index (χ1n) is 9.20. The Hall–Kier alpha value is -2.44. The van der Waals surface area contributed by atoms with Gasteiger partial charge in [0.25, 0.3) is 0 Å². The van der Waals surface area contributed by atoms with Gasteiger partial charge < -0.3 is 4.74 Å². The molecular formula is C14H4F22O7S2. The summed E-state index contributed by atoms with van der Waals surface area (Å²) in [4.78, 5) is 0. The van der Waals surface area contributed by atoms with Crippen LogP contribution >= 0.6 is 0 Å². The molecule has 0 heterocycles. The molecule has 0 aliphatic heterocycles. The molecule has 31 heteroatoms. The van der Waals surface area contributed by atoms with Gasteiger partial charge in [-0.25, -0.2) is 0 Å². The van der Waals surface area contributed by atoms with Crippen molar-refractivity contribution in [2.75, 3.05) is 0 Å².